The number of amides is 1. The minimum Gasteiger partial charge on any atom is -0.370 e. The van der Waals surface area contributed by atoms with Gasteiger partial charge in [0.25, 0.3) is 0 Å². The second-order valence-corrected chi connectivity index (χ2v) is 10.2. The Hall–Kier alpha value is -3.84. The standard InChI is InChI=1S/C28H29F3N6O/c1-35-17-22(18-35)34-26(38)27(21-5-7-23(33-16-21)25-4-3-11-36(25)2)9-12-37(13-10-27)24-8-6-20(28(29,30)31)14-19(24)15-32/h3-8,11,14,16,22H,9-10,12-13,17-18H2,1-2H3,(H,34,38). The lowest BCUT2D eigenvalue weighted by Gasteiger charge is -2.44. The minimum atomic E-state index is -4.52. The van der Waals surface area contributed by atoms with Gasteiger partial charge in [-0.25, -0.2) is 0 Å². The molecule has 1 aromatic carbocycles. The number of likely N-dealkylation sites (N-methyl/N-ethyl adjacent to an activating group) is 1. The van der Waals surface area contributed by atoms with Crippen molar-refractivity contribution < 1.29 is 18.0 Å². The number of carbonyl (C=O) groups is 1. The third-order valence-electron chi connectivity index (χ3n) is 7.76. The minimum absolute atomic E-state index is 0.0251. The molecule has 0 radical (unpaired) electrons. The van der Waals surface area contributed by atoms with Gasteiger partial charge in [0.2, 0.25) is 5.91 Å². The maximum Gasteiger partial charge on any atom is 0.416 e. The van der Waals surface area contributed by atoms with Gasteiger partial charge in [0, 0.05) is 45.6 Å². The Morgan fingerprint density at radius 3 is 2.42 bits per heavy atom. The molecule has 2 aliphatic rings. The summed E-state index contributed by atoms with van der Waals surface area (Å²) >= 11 is 0. The number of alkyl halides is 3. The van der Waals surface area contributed by atoms with Crippen LogP contribution in [-0.4, -0.2) is 59.6 Å². The number of hydrogen-bond donors (Lipinski definition) is 1. The Morgan fingerprint density at radius 2 is 1.87 bits per heavy atom. The number of piperidine rings is 1. The topological polar surface area (TPSA) is 77.2 Å². The van der Waals surface area contributed by atoms with E-state index in [1.165, 1.54) is 6.07 Å². The average molecular weight is 523 g/mol. The largest absolute Gasteiger partial charge is 0.416 e. The Bertz CT molecular complexity index is 1360. The molecule has 2 aromatic heterocycles. The quantitative estimate of drug-likeness (QED) is 0.549. The van der Waals surface area contributed by atoms with Crippen molar-refractivity contribution in [1.82, 2.24) is 19.8 Å². The van der Waals surface area contributed by atoms with E-state index in [2.05, 4.69) is 15.2 Å². The summed E-state index contributed by atoms with van der Waals surface area (Å²) in [6, 6.07) is 13.0. The van der Waals surface area contributed by atoms with Gasteiger partial charge < -0.3 is 19.7 Å². The van der Waals surface area contributed by atoms with Gasteiger partial charge >= 0.3 is 6.18 Å². The van der Waals surface area contributed by atoms with Crippen LogP contribution in [0.5, 0.6) is 0 Å². The first kappa shape index (κ1) is 25.8. The molecule has 0 atom stereocenters. The molecule has 2 saturated heterocycles. The molecule has 1 N–H and O–H groups in total. The van der Waals surface area contributed by atoms with Crippen molar-refractivity contribution in [3.63, 3.8) is 0 Å². The van der Waals surface area contributed by atoms with Crippen LogP contribution in [0.4, 0.5) is 18.9 Å². The van der Waals surface area contributed by atoms with Crippen LogP contribution in [0.25, 0.3) is 11.4 Å². The number of rotatable bonds is 5. The van der Waals surface area contributed by atoms with E-state index in [1.807, 2.05) is 60.1 Å². The van der Waals surface area contributed by atoms with Crippen molar-refractivity contribution in [2.75, 3.05) is 38.1 Å². The molecule has 0 saturated carbocycles. The number of anilines is 1. The molecule has 2 fully saturated rings. The fourth-order valence-corrected chi connectivity index (χ4v) is 5.52. The number of nitrogens with one attached hydrogen (secondary N) is 1. The number of pyridine rings is 1. The summed E-state index contributed by atoms with van der Waals surface area (Å²) in [5, 5.41) is 12.8. The molecule has 10 heteroatoms. The van der Waals surface area contributed by atoms with E-state index in [0.29, 0.717) is 31.6 Å². The highest BCUT2D eigenvalue weighted by molar-refractivity contribution is 5.89. The summed E-state index contributed by atoms with van der Waals surface area (Å²) < 4.78 is 41.5. The maximum atomic E-state index is 13.8. The number of nitriles is 1. The molecule has 3 aromatic rings. The second-order valence-electron chi connectivity index (χ2n) is 10.2. The van der Waals surface area contributed by atoms with Crippen LogP contribution in [-0.2, 0) is 23.4 Å². The number of carbonyl (C=O) groups excluding carboxylic acids is 1. The third-order valence-corrected chi connectivity index (χ3v) is 7.76. The van der Waals surface area contributed by atoms with E-state index >= 15 is 0 Å². The van der Waals surface area contributed by atoms with Crippen molar-refractivity contribution in [1.29, 1.82) is 5.26 Å². The normalized spacial score (nSPS) is 18.1. The van der Waals surface area contributed by atoms with Crippen molar-refractivity contribution >= 4 is 11.6 Å². The number of likely N-dealkylation sites (tertiary alicyclic amines) is 1. The molecule has 0 spiro atoms. The Kier molecular flexibility index (Phi) is 6.65. The van der Waals surface area contributed by atoms with Crippen LogP contribution in [0.15, 0.2) is 54.9 Å². The highest BCUT2D eigenvalue weighted by Gasteiger charge is 2.45. The van der Waals surface area contributed by atoms with E-state index < -0.39 is 17.2 Å². The van der Waals surface area contributed by atoms with Gasteiger partial charge in [0.15, 0.2) is 0 Å². The van der Waals surface area contributed by atoms with Crippen LogP contribution in [0, 0.1) is 11.3 Å². The van der Waals surface area contributed by atoms with Gasteiger partial charge in [-0.15, -0.1) is 0 Å². The molecule has 0 unspecified atom stereocenters. The van der Waals surface area contributed by atoms with Gasteiger partial charge in [-0.05, 0) is 61.9 Å². The zero-order valence-electron chi connectivity index (χ0n) is 21.3. The van der Waals surface area contributed by atoms with Gasteiger partial charge in [0.05, 0.1) is 39.7 Å². The smallest absolute Gasteiger partial charge is 0.370 e. The highest BCUT2D eigenvalue weighted by Crippen LogP contribution is 2.40. The summed E-state index contributed by atoms with van der Waals surface area (Å²) in [6.07, 6.45) is 0.0790. The van der Waals surface area contributed by atoms with Gasteiger partial charge in [-0.2, -0.15) is 18.4 Å². The first-order valence-electron chi connectivity index (χ1n) is 12.5. The molecule has 0 bridgehead atoms. The lowest BCUT2D eigenvalue weighted by Crippen LogP contribution is -2.62. The van der Waals surface area contributed by atoms with Gasteiger partial charge in [0.1, 0.15) is 6.07 Å². The molecular weight excluding hydrogens is 493 g/mol. The molecule has 2 aliphatic heterocycles. The molecule has 1 amide bonds. The number of hydrogen-bond acceptors (Lipinski definition) is 5. The second kappa shape index (κ2) is 9.80. The molecular formula is C28H29F3N6O. The van der Waals surface area contributed by atoms with E-state index in [4.69, 9.17) is 0 Å². The number of nitrogens with zero attached hydrogens (tertiary/aromatic N) is 5. The lowest BCUT2D eigenvalue weighted by atomic mass is 9.72. The van der Waals surface area contributed by atoms with Gasteiger partial charge in [-0.3, -0.25) is 9.78 Å². The van der Waals surface area contributed by atoms with Crippen LogP contribution in [0.1, 0.15) is 29.5 Å². The molecule has 38 heavy (non-hydrogen) atoms. The molecule has 4 heterocycles. The first-order valence-corrected chi connectivity index (χ1v) is 12.5. The fourth-order valence-electron chi connectivity index (χ4n) is 5.52. The number of benzene rings is 1. The van der Waals surface area contributed by atoms with Gasteiger partial charge in [-0.1, -0.05) is 6.07 Å². The van der Waals surface area contributed by atoms with Crippen molar-refractivity contribution in [2.24, 2.45) is 7.05 Å². The Morgan fingerprint density at radius 1 is 1.13 bits per heavy atom. The van der Waals surface area contributed by atoms with Crippen LogP contribution < -0.4 is 10.2 Å². The van der Waals surface area contributed by atoms with E-state index in [1.54, 1.807) is 6.20 Å². The summed E-state index contributed by atoms with van der Waals surface area (Å²) in [5.74, 6) is -0.0587. The van der Waals surface area contributed by atoms with Crippen molar-refractivity contribution in [3.8, 4) is 17.5 Å². The van der Waals surface area contributed by atoms with E-state index in [0.717, 1.165) is 42.2 Å². The lowest BCUT2D eigenvalue weighted by molar-refractivity contribution is -0.137. The summed E-state index contributed by atoms with van der Waals surface area (Å²) in [6.45, 7) is 2.40. The Labute approximate surface area is 219 Å². The molecule has 5 rings (SSSR count). The average Bonchev–Trinajstić information content (AvgIpc) is 3.32. The predicted molar refractivity (Wildman–Crippen MR) is 137 cm³/mol. The number of aryl methyl sites for hydroxylation is 1. The van der Waals surface area contributed by atoms with Crippen LogP contribution >= 0.6 is 0 Å². The maximum absolute atomic E-state index is 13.8. The summed E-state index contributed by atoms with van der Waals surface area (Å²) in [5.41, 5.74) is 1.33. The zero-order chi connectivity index (χ0) is 27.1. The van der Waals surface area contributed by atoms with Crippen molar-refractivity contribution in [2.45, 2.75) is 30.5 Å². The van der Waals surface area contributed by atoms with Crippen molar-refractivity contribution in [3.05, 3.63) is 71.5 Å². The molecule has 0 aliphatic carbocycles. The monoisotopic (exact) mass is 522 g/mol. The van der Waals surface area contributed by atoms with E-state index in [-0.39, 0.29) is 17.5 Å². The Balaban J connectivity index is 1.42. The summed E-state index contributed by atoms with van der Waals surface area (Å²) in [4.78, 5) is 22.5. The number of aromatic nitrogens is 2. The SMILES string of the molecule is CN1CC(NC(=O)C2(c3ccc(-c4cccn4C)nc3)CCN(c3ccc(C(F)(F)F)cc3C#N)CC2)C1. The number of halogens is 3. The predicted octanol–water partition coefficient (Wildman–Crippen LogP) is 3.95. The fraction of sp³-hybridized carbons (Fsp3) is 0.393. The van der Waals surface area contributed by atoms with E-state index in [9.17, 15) is 23.2 Å². The first-order chi connectivity index (χ1) is 18.1. The zero-order valence-corrected chi connectivity index (χ0v) is 21.3. The molecule has 198 valence electrons. The van der Waals surface area contributed by atoms with Crippen LogP contribution in [0.3, 0.4) is 0 Å². The van der Waals surface area contributed by atoms with Crippen LogP contribution in [0.2, 0.25) is 0 Å². The molecule has 7 nitrogen and oxygen atoms in total. The third kappa shape index (κ3) is 4.74. The highest BCUT2D eigenvalue weighted by atomic mass is 19.4. The summed E-state index contributed by atoms with van der Waals surface area (Å²) in [7, 11) is 3.95.